The molecule has 0 bridgehead atoms. The fraction of sp³-hybridized carbons (Fsp3) is 0.643. The van der Waals surface area contributed by atoms with Gasteiger partial charge in [-0.15, -0.1) is 0 Å². The summed E-state index contributed by atoms with van der Waals surface area (Å²) in [6.07, 6.45) is 8.17. The minimum Gasteiger partial charge on any atom is -0.337 e. The van der Waals surface area contributed by atoms with Gasteiger partial charge < -0.3 is 9.47 Å². The maximum atomic E-state index is 12.0. The lowest BCUT2D eigenvalue weighted by Gasteiger charge is -2.25. The van der Waals surface area contributed by atoms with Crippen LogP contribution in [0.25, 0.3) is 0 Å². The predicted molar refractivity (Wildman–Crippen MR) is 71.4 cm³/mol. The molecular weight excluding hydrogens is 242 g/mol. The van der Waals surface area contributed by atoms with Crippen molar-refractivity contribution in [3.8, 4) is 0 Å². The Morgan fingerprint density at radius 3 is 2.74 bits per heavy atom. The lowest BCUT2D eigenvalue weighted by atomic mass is 9.98. The maximum absolute atomic E-state index is 12.0. The highest BCUT2D eigenvalue weighted by Gasteiger charge is 2.43. The summed E-state index contributed by atoms with van der Waals surface area (Å²) in [5, 5.41) is 0. The molecular formula is C14H21N3O2. The number of amides is 1. The zero-order chi connectivity index (χ0) is 13.8. The van der Waals surface area contributed by atoms with E-state index in [0.29, 0.717) is 6.54 Å². The average Bonchev–Trinajstić information content (AvgIpc) is 2.98. The van der Waals surface area contributed by atoms with Crippen LogP contribution in [-0.2, 0) is 16.1 Å². The number of Topliss-reactive ketones (excluding diaryl/α,β-unsaturated/α-hetero) is 1. The molecule has 0 radical (unpaired) electrons. The van der Waals surface area contributed by atoms with Gasteiger partial charge in [-0.05, 0) is 12.8 Å². The second-order valence-corrected chi connectivity index (χ2v) is 5.16. The number of imidazole rings is 1. The molecule has 5 heteroatoms. The first kappa shape index (κ1) is 13.8. The third kappa shape index (κ3) is 2.85. The molecule has 1 saturated heterocycles. The highest BCUT2D eigenvalue weighted by Crippen LogP contribution is 2.26. The summed E-state index contributed by atoms with van der Waals surface area (Å²) in [5.74, 6) is -0.668. The van der Waals surface area contributed by atoms with E-state index in [9.17, 15) is 9.59 Å². The topological polar surface area (TPSA) is 55.2 Å². The highest BCUT2D eigenvalue weighted by atomic mass is 16.2. The van der Waals surface area contributed by atoms with Crippen molar-refractivity contribution >= 4 is 11.7 Å². The molecule has 5 nitrogen and oxygen atoms in total. The van der Waals surface area contributed by atoms with Gasteiger partial charge in [0.2, 0.25) is 5.78 Å². The molecule has 0 aliphatic carbocycles. The number of likely N-dealkylation sites (tertiary alicyclic amines) is 1. The Labute approximate surface area is 113 Å². The van der Waals surface area contributed by atoms with Crippen LogP contribution >= 0.6 is 0 Å². The third-order valence-electron chi connectivity index (χ3n) is 3.82. The van der Waals surface area contributed by atoms with Gasteiger partial charge in [0.05, 0.1) is 6.33 Å². The number of aryl methyl sites for hydroxylation is 1. The lowest BCUT2D eigenvalue weighted by Crippen LogP contribution is -2.36. The smallest absolute Gasteiger partial charge is 0.290 e. The Morgan fingerprint density at radius 1 is 1.32 bits per heavy atom. The summed E-state index contributed by atoms with van der Waals surface area (Å²) in [6, 6.07) is 0.0905. The largest absolute Gasteiger partial charge is 0.337 e. The highest BCUT2D eigenvalue weighted by molar-refractivity contribution is 6.39. The van der Waals surface area contributed by atoms with E-state index in [1.165, 1.54) is 0 Å². The zero-order valence-corrected chi connectivity index (χ0v) is 11.6. The van der Waals surface area contributed by atoms with Gasteiger partial charge >= 0.3 is 0 Å². The fourth-order valence-corrected chi connectivity index (χ4v) is 2.74. The van der Waals surface area contributed by atoms with E-state index in [2.05, 4.69) is 11.9 Å². The maximum Gasteiger partial charge on any atom is 0.290 e. The zero-order valence-electron chi connectivity index (χ0n) is 11.6. The van der Waals surface area contributed by atoms with Gasteiger partial charge in [0.15, 0.2) is 0 Å². The Hall–Kier alpha value is -1.65. The van der Waals surface area contributed by atoms with Crippen LogP contribution in [0, 0.1) is 5.92 Å². The van der Waals surface area contributed by atoms with Crippen molar-refractivity contribution in [2.45, 2.75) is 45.7 Å². The van der Waals surface area contributed by atoms with Crippen LogP contribution in [0.15, 0.2) is 18.7 Å². The molecule has 1 amide bonds. The molecule has 1 fully saturated rings. The van der Waals surface area contributed by atoms with E-state index < -0.39 is 0 Å². The summed E-state index contributed by atoms with van der Waals surface area (Å²) in [7, 11) is 0. The number of rotatable bonds is 6. The van der Waals surface area contributed by atoms with Crippen molar-refractivity contribution in [2.75, 3.05) is 6.54 Å². The number of ketones is 1. The molecule has 2 rings (SSSR count). The van der Waals surface area contributed by atoms with Crippen molar-refractivity contribution in [3.63, 3.8) is 0 Å². The second-order valence-electron chi connectivity index (χ2n) is 5.16. The first-order valence-electron chi connectivity index (χ1n) is 6.95. The van der Waals surface area contributed by atoms with Gasteiger partial charge in [0, 0.05) is 37.4 Å². The molecule has 1 aliphatic rings. The number of carbonyl (C=O) groups is 2. The monoisotopic (exact) mass is 263 g/mol. The van der Waals surface area contributed by atoms with Gasteiger partial charge in [-0.2, -0.15) is 0 Å². The van der Waals surface area contributed by atoms with Gasteiger partial charge in [-0.1, -0.05) is 20.3 Å². The van der Waals surface area contributed by atoms with Crippen molar-refractivity contribution in [2.24, 2.45) is 5.92 Å². The molecule has 1 aromatic heterocycles. The minimum atomic E-state index is -0.295. The van der Waals surface area contributed by atoms with Crippen molar-refractivity contribution < 1.29 is 9.59 Å². The number of aromatic nitrogens is 2. The lowest BCUT2D eigenvalue weighted by molar-refractivity contribution is -0.141. The van der Waals surface area contributed by atoms with Crippen molar-refractivity contribution in [1.82, 2.24) is 14.5 Å². The molecule has 2 heterocycles. The van der Waals surface area contributed by atoms with Crippen LogP contribution in [0.1, 0.15) is 33.1 Å². The summed E-state index contributed by atoms with van der Waals surface area (Å²) < 4.78 is 1.99. The number of hydrogen-bond donors (Lipinski definition) is 0. The molecule has 1 aromatic rings. The standard InChI is InChI=1S/C14H21N3O2/c1-3-5-12-11(2)13(18)14(19)17(12)8-4-7-16-9-6-15-10-16/h6,9-12H,3-5,7-8H2,1-2H3. The molecule has 0 aromatic carbocycles. The molecule has 2 unspecified atom stereocenters. The Bertz CT molecular complexity index is 442. The normalized spacial score (nSPS) is 23.4. The second kappa shape index (κ2) is 5.99. The number of carbonyl (C=O) groups excluding carboxylic acids is 2. The minimum absolute atomic E-state index is 0.0905. The molecule has 1 aliphatic heterocycles. The third-order valence-corrected chi connectivity index (χ3v) is 3.82. The van der Waals surface area contributed by atoms with Crippen LogP contribution < -0.4 is 0 Å². The van der Waals surface area contributed by atoms with Gasteiger partial charge in [0.25, 0.3) is 5.91 Å². The molecule has 0 saturated carbocycles. The molecule has 2 atom stereocenters. The first-order valence-corrected chi connectivity index (χ1v) is 6.95. The molecule has 104 valence electrons. The van der Waals surface area contributed by atoms with E-state index in [0.717, 1.165) is 25.8 Å². The van der Waals surface area contributed by atoms with E-state index in [-0.39, 0.29) is 23.7 Å². The van der Waals surface area contributed by atoms with Gasteiger partial charge in [0.1, 0.15) is 0 Å². The average molecular weight is 263 g/mol. The summed E-state index contributed by atoms with van der Waals surface area (Å²) in [6.45, 7) is 5.43. The van der Waals surface area contributed by atoms with Gasteiger partial charge in [-0.25, -0.2) is 4.98 Å². The Kier molecular flexibility index (Phi) is 4.35. The molecule has 0 N–H and O–H groups in total. The number of nitrogens with zero attached hydrogens (tertiary/aromatic N) is 3. The van der Waals surface area contributed by atoms with E-state index in [4.69, 9.17) is 0 Å². The number of hydrogen-bond acceptors (Lipinski definition) is 3. The van der Waals surface area contributed by atoms with Gasteiger partial charge in [-0.3, -0.25) is 9.59 Å². The molecule has 19 heavy (non-hydrogen) atoms. The summed E-state index contributed by atoms with van der Waals surface area (Å²) >= 11 is 0. The van der Waals surface area contributed by atoms with E-state index >= 15 is 0 Å². The van der Waals surface area contributed by atoms with Crippen LogP contribution in [0.5, 0.6) is 0 Å². The van der Waals surface area contributed by atoms with Crippen molar-refractivity contribution in [3.05, 3.63) is 18.7 Å². The van der Waals surface area contributed by atoms with Crippen LogP contribution in [0.4, 0.5) is 0 Å². The van der Waals surface area contributed by atoms with Crippen molar-refractivity contribution in [1.29, 1.82) is 0 Å². The van der Waals surface area contributed by atoms with E-state index in [1.54, 1.807) is 17.4 Å². The van der Waals surface area contributed by atoms with Crippen LogP contribution in [0.3, 0.4) is 0 Å². The summed E-state index contributed by atoms with van der Waals surface area (Å²) in [5.41, 5.74) is 0. The molecule has 0 spiro atoms. The predicted octanol–water partition coefficient (Wildman–Crippen LogP) is 1.49. The van der Waals surface area contributed by atoms with E-state index in [1.807, 2.05) is 17.7 Å². The van der Waals surface area contributed by atoms with Crippen LogP contribution in [0.2, 0.25) is 0 Å². The summed E-state index contributed by atoms with van der Waals surface area (Å²) in [4.78, 5) is 29.5. The Balaban J connectivity index is 1.92. The van der Waals surface area contributed by atoms with Crippen LogP contribution in [-0.4, -0.2) is 38.7 Å². The quantitative estimate of drug-likeness (QED) is 0.731. The SMILES string of the molecule is CCCC1C(C)C(=O)C(=O)N1CCCn1ccnc1. The Morgan fingerprint density at radius 2 is 2.11 bits per heavy atom. The fourth-order valence-electron chi connectivity index (χ4n) is 2.74. The first-order chi connectivity index (χ1) is 9.15.